The highest BCUT2D eigenvalue weighted by Crippen LogP contribution is 2.50. The average Bonchev–Trinajstić information content (AvgIpc) is 3.52. The number of para-hydroxylation sites is 1. The Morgan fingerprint density at radius 3 is 2.20 bits per heavy atom. The Hall–Kier alpha value is -5.02. The van der Waals surface area contributed by atoms with Crippen molar-refractivity contribution in [3.8, 4) is 27.9 Å². The minimum atomic E-state index is -0.0139. The fraction of sp³-hybridized carbons (Fsp3) is 0.0811. The standard InChI is InChI=1S/C37H25N3/c1-37(2)30-8-4-3-7-27(30)28-16-13-23(21-31(28)37)26-19-24-12-11-22-15-18-33(29-17-14-25(20-26)35(24)36(22)29)40-34-10-6-5-9-32(34)38-39-40/h3-21H,1-2H3. The van der Waals surface area contributed by atoms with Gasteiger partial charge in [-0.15, -0.1) is 5.10 Å². The molecule has 7 aromatic carbocycles. The molecule has 0 spiro atoms. The van der Waals surface area contributed by atoms with Crippen LogP contribution in [0.25, 0.3) is 71.3 Å². The zero-order valence-electron chi connectivity index (χ0n) is 22.3. The van der Waals surface area contributed by atoms with Crippen LogP contribution < -0.4 is 0 Å². The Labute approximate surface area is 231 Å². The summed E-state index contributed by atoms with van der Waals surface area (Å²) in [5.41, 5.74) is 11.0. The van der Waals surface area contributed by atoms with Gasteiger partial charge in [0, 0.05) is 10.8 Å². The van der Waals surface area contributed by atoms with E-state index in [9.17, 15) is 0 Å². The van der Waals surface area contributed by atoms with E-state index in [4.69, 9.17) is 0 Å². The zero-order valence-corrected chi connectivity index (χ0v) is 22.3. The first-order valence-corrected chi connectivity index (χ1v) is 13.9. The van der Waals surface area contributed by atoms with E-state index in [1.807, 2.05) is 22.9 Å². The molecule has 3 heteroatoms. The first kappa shape index (κ1) is 21.9. The molecule has 1 heterocycles. The number of hydrogen-bond donors (Lipinski definition) is 0. The molecule has 0 N–H and O–H groups in total. The van der Waals surface area contributed by atoms with Crippen molar-refractivity contribution >= 4 is 43.4 Å². The van der Waals surface area contributed by atoms with E-state index in [0.717, 1.165) is 16.7 Å². The van der Waals surface area contributed by atoms with Gasteiger partial charge in [0.25, 0.3) is 0 Å². The van der Waals surface area contributed by atoms with Crippen molar-refractivity contribution in [3.05, 3.63) is 126 Å². The first-order chi connectivity index (χ1) is 19.6. The number of benzene rings is 7. The third kappa shape index (κ3) is 2.79. The molecule has 0 atom stereocenters. The molecule has 0 aliphatic heterocycles. The van der Waals surface area contributed by atoms with Crippen molar-refractivity contribution in [2.24, 2.45) is 0 Å². The van der Waals surface area contributed by atoms with Crippen LogP contribution in [0.1, 0.15) is 25.0 Å². The molecule has 9 rings (SSSR count). The monoisotopic (exact) mass is 511 g/mol. The summed E-state index contributed by atoms with van der Waals surface area (Å²) in [6.45, 7) is 4.69. The predicted octanol–water partition coefficient (Wildman–Crippen LogP) is 9.29. The maximum atomic E-state index is 4.52. The normalized spacial score (nSPS) is 13.9. The lowest BCUT2D eigenvalue weighted by Gasteiger charge is -2.22. The molecule has 1 aromatic heterocycles. The van der Waals surface area contributed by atoms with E-state index in [0.29, 0.717) is 0 Å². The second kappa shape index (κ2) is 7.55. The maximum absolute atomic E-state index is 4.52. The molecule has 1 aliphatic carbocycles. The van der Waals surface area contributed by atoms with Crippen molar-refractivity contribution in [1.82, 2.24) is 15.0 Å². The molecule has 0 saturated heterocycles. The van der Waals surface area contributed by atoms with Gasteiger partial charge in [-0.05, 0) is 96.7 Å². The fourth-order valence-corrected chi connectivity index (χ4v) is 7.09. The van der Waals surface area contributed by atoms with Crippen molar-refractivity contribution in [3.63, 3.8) is 0 Å². The smallest absolute Gasteiger partial charge is 0.113 e. The van der Waals surface area contributed by atoms with E-state index < -0.39 is 0 Å². The molecular formula is C37H25N3. The molecule has 8 aromatic rings. The minimum Gasteiger partial charge on any atom is -0.212 e. The lowest BCUT2D eigenvalue weighted by Crippen LogP contribution is -2.14. The van der Waals surface area contributed by atoms with Gasteiger partial charge in [0.2, 0.25) is 0 Å². The van der Waals surface area contributed by atoms with Crippen molar-refractivity contribution in [1.29, 1.82) is 0 Å². The molecule has 0 unspecified atom stereocenters. The van der Waals surface area contributed by atoms with Crippen LogP contribution in [0.2, 0.25) is 0 Å². The summed E-state index contributed by atoms with van der Waals surface area (Å²) < 4.78 is 1.97. The summed E-state index contributed by atoms with van der Waals surface area (Å²) in [5, 5.41) is 16.5. The lowest BCUT2D eigenvalue weighted by atomic mass is 9.81. The van der Waals surface area contributed by atoms with Crippen LogP contribution in [0.5, 0.6) is 0 Å². The number of hydrogen-bond acceptors (Lipinski definition) is 2. The van der Waals surface area contributed by atoms with E-state index in [1.54, 1.807) is 0 Å². The lowest BCUT2D eigenvalue weighted by molar-refractivity contribution is 0.660. The summed E-state index contributed by atoms with van der Waals surface area (Å²) in [4.78, 5) is 0. The highest BCUT2D eigenvalue weighted by atomic mass is 15.4. The largest absolute Gasteiger partial charge is 0.212 e. The second-order valence-corrected chi connectivity index (χ2v) is 11.6. The molecular weight excluding hydrogens is 486 g/mol. The Bertz CT molecular complexity index is 2290. The molecule has 0 radical (unpaired) electrons. The molecule has 0 bridgehead atoms. The summed E-state index contributed by atoms with van der Waals surface area (Å²) in [7, 11) is 0. The van der Waals surface area contributed by atoms with Crippen LogP contribution >= 0.6 is 0 Å². The molecule has 0 fully saturated rings. The zero-order chi connectivity index (χ0) is 26.6. The minimum absolute atomic E-state index is 0.0139. The van der Waals surface area contributed by atoms with Gasteiger partial charge in [0.05, 0.1) is 11.2 Å². The van der Waals surface area contributed by atoms with Crippen molar-refractivity contribution in [2.75, 3.05) is 0 Å². The number of fused-ring (bicyclic) bond motifs is 4. The highest BCUT2D eigenvalue weighted by molar-refractivity contribution is 6.25. The van der Waals surface area contributed by atoms with Crippen LogP contribution in [-0.4, -0.2) is 15.0 Å². The van der Waals surface area contributed by atoms with Gasteiger partial charge in [-0.3, -0.25) is 0 Å². The van der Waals surface area contributed by atoms with E-state index >= 15 is 0 Å². The Morgan fingerprint density at radius 2 is 1.30 bits per heavy atom. The first-order valence-electron chi connectivity index (χ1n) is 13.9. The van der Waals surface area contributed by atoms with Crippen LogP contribution in [0.3, 0.4) is 0 Å². The van der Waals surface area contributed by atoms with Gasteiger partial charge in [-0.1, -0.05) is 97.9 Å². The third-order valence-electron chi connectivity index (χ3n) is 9.07. The fourth-order valence-electron chi connectivity index (χ4n) is 7.09. The van der Waals surface area contributed by atoms with Gasteiger partial charge >= 0.3 is 0 Å². The molecule has 40 heavy (non-hydrogen) atoms. The van der Waals surface area contributed by atoms with Gasteiger partial charge < -0.3 is 0 Å². The van der Waals surface area contributed by atoms with Crippen molar-refractivity contribution in [2.45, 2.75) is 19.3 Å². The summed E-state index contributed by atoms with van der Waals surface area (Å²) in [5.74, 6) is 0. The van der Waals surface area contributed by atoms with E-state index in [-0.39, 0.29) is 5.41 Å². The van der Waals surface area contributed by atoms with E-state index in [1.165, 1.54) is 65.7 Å². The van der Waals surface area contributed by atoms with Crippen LogP contribution in [0.4, 0.5) is 0 Å². The predicted molar refractivity (Wildman–Crippen MR) is 166 cm³/mol. The van der Waals surface area contributed by atoms with Gasteiger partial charge in [-0.25, -0.2) is 4.68 Å². The van der Waals surface area contributed by atoms with Gasteiger partial charge in [-0.2, -0.15) is 0 Å². The molecule has 0 saturated carbocycles. The Kier molecular flexibility index (Phi) is 4.13. The quantitative estimate of drug-likeness (QED) is 0.217. The van der Waals surface area contributed by atoms with Gasteiger partial charge in [0.15, 0.2) is 0 Å². The average molecular weight is 512 g/mol. The topological polar surface area (TPSA) is 30.7 Å². The molecule has 3 nitrogen and oxygen atoms in total. The van der Waals surface area contributed by atoms with Crippen molar-refractivity contribution < 1.29 is 0 Å². The Morgan fingerprint density at radius 1 is 0.575 bits per heavy atom. The molecule has 188 valence electrons. The van der Waals surface area contributed by atoms with Gasteiger partial charge in [0.1, 0.15) is 5.52 Å². The molecule has 0 amide bonds. The van der Waals surface area contributed by atoms with Crippen LogP contribution in [-0.2, 0) is 5.41 Å². The number of aromatic nitrogens is 3. The van der Waals surface area contributed by atoms with E-state index in [2.05, 4.69) is 121 Å². The third-order valence-corrected chi connectivity index (χ3v) is 9.07. The summed E-state index contributed by atoms with van der Waals surface area (Å²) in [6.07, 6.45) is 0. The summed E-state index contributed by atoms with van der Waals surface area (Å²) >= 11 is 0. The SMILES string of the molecule is CC1(C)c2ccccc2-c2ccc(-c3cc4ccc5ccc(-n6nnc7ccccc76)c6ccc(c3)c4c56)cc21. The highest BCUT2D eigenvalue weighted by Gasteiger charge is 2.35. The Balaban J connectivity index is 1.25. The maximum Gasteiger partial charge on any atom is 0.113 e. The molecule has 1 aliphatic rings. The van der Waals surface area contributed by atoms with Crippen LogP contribution in [0.15, 0.2) is 115 Å². The number of rotatable bonds is 2. The second-order valence-electron chi connectivity index (χ2n) is 11.6. The van der Waals surface area contributed by atoms with Crippen LogP contribution in [0, 0.1) is 0 Å². The number of nitrogens with zero attached hydrogens (tertiary/aromatic N) is 3. The summed E-state index contributed by atoms with van der Waals surface area (Å²) in [6, 6.07) is 42.1.